The predicted molar refractivity (Wildman–Crippen MR) is 118 cm³/mol. The average Bonchev–Trinajstić information content (AvgIpc) is 3.24. The molecule has 0 aromatic carbocycles. The largest absolute Gasteiger partial charge is 0.433 e. The van der Waals surface area contributed by atoms with Crippen LogP contribution in [0, 0.1) is 5.82 Å². The molecule has 0 unspecified atom stereocenters. The van der Waals surface area contributed by atoms with Crippen LogP contribution >= 0.6 is 0 Å². The Morgan fingerprint density at radius 1 is 1.16 bits per heavy atom. The lowest BCUT2D eigenvalue weighted by molar-refractivity contribution is -0.141. The molecule has 37 heavy (non-hydrogen) atoms. The molecule has 4 aromatic heterocycles. The van der Waals surface area contributed by atoms with Crippen LogP contribution in [0.2, 0.25) is 0 Å². The number of nitrogens with zero attached hydrogens (tertiary/aromatic N) is 6. The molecule has 0 bridgehead atoms. The van der Waals surface area contributed by atoms with Crippen LogP contribution < -0.4 is 10.9 Å². The number of fused-ring (bicyclic) bond motifs is 3. The zero-order chi connectivity index (χ0) is 26.5. The van der Waals surface area contributed by atoms with Crippen LogP contribution in [0.1, 0.15) is 17.3 Å². The first-order chi connectivity index (χ1) is 17.5. The summed E-state index contributed by atoms with van der Waals surface area (Å²) in [5.41, 5.74) is -2.03. The monoisotopic (exact) mass is 525 g/mol. The second-order valence-corrected chi connectivity index (χ2v) is 8.51. The summed E-state index contributed by atoms with van der Waals surface area (Å²) in [7, 11) is 0. The fraction of sp³-hybridized carbons (Fsp3) is 0.318. The zero-order valence-electron chi connectivity index (χ0n) is 18.7. The van der Waals surface area contributed by atoms with E-state index in [1.54, 1.807) is 0 Å². The first-order valence-electron chi connectivity index (χ1n) is 10.9. The van der Waals surface area contributed by atoms with Crippen LogP contribution in [-0.2, 0) is 17.5 Å². The summed E-state index contributed by atoms with van der Waals surface area (Å²) >= 11 is 0. The summed E-state index contributed by atoms with van der Waals surface area (Å²) in [6, 6.07) is 5.33. The van der Waals surface area contributed by atoms with Crippen LogP contribution in [0.4, 0.5) is 32.2 Å². The molecule has 0 radical (unpaired) electrons. The number of halogens is 6. The van der Waals surface area contributed by atoms with E-state index in [1.165, 1.54) is 17.0 Å². The molecule has 0 atom stereocenters. The molecule has 5 rings (SSSR count). The molecule has 1 aliphatic rings. The average molecular weight is 525 g/mol. The number of amides is 1. The number of carbonyl (C=O) groups is 1. The van der Waals surface area contributed by atoms with Gasteiger partial charge in [0.05, 0.1) is 23.8 Å². The lowest BCUT2D eigenvalue weighted by Crippen LogP contribution is -2.47. The van der Waals surface area contributed by atoms with Gasteiger partial charge in [0.1, 0.15) is 29.5 Å². The molecule has 1 amide bonds. The molecule has 5 heterocycles. The summed E-state index contributed by atoms with van der Waals surface area (Å²) in [5.74, 6) is -1.61. The molecular formula is C22H17F6N7O2. The molecule has 1 fully saturated rings. The Labute approximate surface area is 203 Å². The maximum Gasteiger partial charge on any atom is 0.433 e. The summed E-state index contributed by atoms with van der Waals surface area (Å²) in [5, 5.41) is 6.53. The van der Waals surface area contributed by atoms with Gasteiger partial charge in [-0.05, 0) is 24.3 Å². The molecule has 1 N–H and O–H groups in total. The van der Waals surface area contributed by atoms with E-state index < -0.39 is 48.7 Å². The number of nitrogens with one attached hydrogen (secondary N) is 1. The first kappa shape index (κ1) is 24.7. The van der Waals surface area contributed by atoms with Gasteiger partial charge in [0.15, 0.2) is 5.65 Å². The molecule has 0 aliphatic carbocycles. The van der Waals surface area contributed by atoms with Crippen LogP contribution in [0.3, 0.4) is 0 Å². The van der Waals surface area contributed by atoms with Crippen molar-refractivity contribution in [2.24, 2.45) is 0 Å². The van der Waals surface area contributed by atoms with Crippen LogP contribution in [0.25, 0.3) is 16.7 Å². The third-order valence-electron chi connectivity index (χ3n) is 5.90. The van der Waals surface area contributed by atoms with Crippen LogP contribution in [0.15, 0.2) is 41.3 Å². The highest BCUT2D eigenvalue weighted by atomic mass is 19.4. The van der Waals surface area contributed by atoms with Crippen molar-refractivity contribution in [3.63, 3.8) is 0 Å². The van der Waals surface area contributed by atoms with Crippen molar-refractivity contribution in [2.45, 2.75) is 25.1 Å². The summed E-state index contributed by atoms with van der Waals surface area (Å²) in [6.45, 7) is -0.500. The van der Waals surface area contributed by atoms with Crippen LogP contribution in [-0.4, -0.2) is 61.0 Å². The second kappa shape index (κ2) is 9.14. The van der Waals surface area contributed by atoms with Crippen molar-refractivity contribution in [1.82, 2.24) is 29.0 Å². The fourth-order valence-corrected chi connectivity index (χ4v) is 4.15. The van der Waals surface area contributed by atoms with Crippen molar-refractivity contribution in [2.75, 3.05) is 25.0 Å². The minimum absolute atomic E-state index is 0.00570. The molecular weight excluding hydrogens is 508 g/mol. The van der Waals surface area contributed by atoms with E-state index >= 15 is 0 Å². The molecule has 9 nitrogen and oxygen atoms in total. The van der Waals surface area contributed by atoms with Gasteiger partial charge in [0, 0.05) is 25.1 Å². The number of pyridine rings is 2. The number of rotatable bonds is 6. The van der Waals surface area contributed by atoms with Crippen molar-refractivity contribution in [3.8, 4) is 0 Å². The number of carbonyl (C=O) groups excluding carboxylic acids is 1. The van der Waals surface area contributed by atoms with Gasteiger partial charge in [-0.15, -0.1) is 0 Å². The van der Waals surface area contributed by atoms with E-state index in [1.807, 2.05) is 0 Å². The standard InChI is InChI=1S/C22H17F6N7O2/c23-12-1-4-17(29-6-12)31-18(36)10-34-19-5-14(11-7-33(8-11)9-16(24)25)32-35(19)20-13(21(34)37)2-3-15(30-20)22(26,27)28/h1-6,11,16H,7-10H2,(H,29,31,36). The van der Waals surface area contributed by atoms with E-state index in [0.717, 1.165) is 27.4 Å². The molecule has 0 saturated carbocycles. The van der Waals surface area contributed by atoms with Gasteiger partial charge >= 0.3 is 6.18 Å². The molecule has 1 aliphatic heterocycles. The topological polar surface area (TPSA) is 97.4 Å². The third-order valence-corrected chi connectivity index (χ3v) is 5.90. The Kier molecular flexibility index (Phi) is 6.09. The summed E-state index contributed by atoms with van der Waals surface area (Å²) < 4.78 is 80.4. The van der Waals surface area contributed by atoms with Gasteiger partial charge in [-0.2, -0.15) is 22.8 Å². The fourth-order valence-electron chi connectivity index (χ4n) is 4.15. The quantitative estimate of drug-likeness (QED) is 0.389. The van der Waals surface area contributed by atoms with E-state index in [-0.39, 0.29) is 41.5 Å². The van der Waals surface area contributed by atoms with Gasteiger partial charge < -0.3 is 5.32 Å². The molecule has 194 valence electrons. The molecule has 15 heteroatoms. The zero-order valence-corrected chi connectivity index (χ0v) is 18.7. The third kappa shape index (κ3) is 4.85. The highest BCUT2D eigenvalue weighted by molar-refractivity contribution is 5.90. The highest BCUT2D eigenvalue weighted by Gasteiger charge is 2.35. The van der Waals surface area contributed by atoms with E-state index in [0.29, 0.717) is 11.8 Å². The Morgan fingerprint density at radius 3 is 2.57 bits per heavy atom. The molecule has 0 spiro atoms. The maximum atomic E-state index is 13.3. The molecule has 1 saturated heterocycles. The number of anilines is 1. The minimum atomic E-state index is -4.78. The Bertz CT molecular complexity index is 1540. The van der Waals surface area contributed by atoms with Crippen molar-refractivity contribution >= 4 is 28.4 Å². The lowest BCUT2D eigenvalue weighted by atomic mass is 9.96. The number of likely N-dealkylation sites (tertiary alicyclic amines) is 1. The van der Waals surface area contributed by atoms with Crippen molar-refractivity contribution in [1.29, 1.82) is 0 Å². The van der Waals surface area contributed by atoms with Gasteiger partial charge in [0.2, 0.25) is 5.91 Å². The molecule has 4 aromatic rings. The van der Waals surface area contributed by atoms with E-state index in [2.05, 4.69) is 20.4 Å². The number of alkyl halides is 5. The lowest BCUT2D eigenvalue weighted by Gasteiger charge is -2.37. The Hall–Kier alpha value is -4.01. The summed E-state index contributed by atoms with van der Waals surface area (Å²) in [4.78, 5) is 34.7. The first-order valence-corrected chi connectivity index (χ1v) is 10.9. The van der Waals surface area contributed by atoms with E-state index in [4.69, 9.17) is 0 Å². The Morgan fingerprint density at radius 2 is 1.92 bits per heavy atom. The SMILES string of the molecule is O=C(Cn1c(=O)c2ccc(C(F)(F)F)nc2n2nc(C3CN(CC(F)F)C3)cc12)Nc1ccc(F)cn1. The minimum Gasteiger partial charge on any atom is -0.309 e. The number of hydrogen-bond acceptors (Lipinski definition) is 6. The van der Waals surface area contributed by atoms with Gasteiger partial charge in [-0.3, -0.25) is 19.1 Å². The van der Waals surface area contributed by atoms with Crippen LogP contribution in [0.5, 0.6) is 0 Å². The number of aromatic nitrogens is 5. The summed E-state index contributed by atoms with van der Waals surface area (Å²) in [6.07, 6.45) is -6.41. The Balaban J connectivity index is 1.56. The van der Waals surface area contributed by atoms with Gasteiger partial charge in [0.25, 0.3) is 12.0 Å². The van der Waals surface area contributed by atoms with Crippen molar-refractivity contribution in [3.05, 3.63) is 64.1 Å². The highest BCUT2D eigenvalue weighted by Crippen LogP contribution is 2.30. The normalized spacial score (nSPS) is 15.0. The van der Waals surface area contributed by atoms with E-state index in [9.17, 15) is 35.9 Å². The van der Waals surface area contributed by atoms with Gasteiger partial charge in [-0.1, -0.05) is 0 Å². The maximum absolute atomic E-state index is 13.3. The smallest absolute Gasteiger partial charge is 0.309 e. The number of hydrogen-bond donors (Lipinski definition) is 1. The predicted octanol–water partition coefficient (Wildman–Crippen LogP) is 2.90. The second-order valence-electron chi connectivity index (χ2n) is 8.51. The van der Waals surface area contributed by atoms with Crippen molar-refractivity contribution < 1.29 is 31.1 Å². The van der Waals surface area contributed by atoms with Gasteiger partial charge in [-0.25, -0.2) is 23.1 Å².